The van der Waals surface area contributed by atoms with Crippen molar-refractivity contribution in [1.82, 2.24) is 14.7 Å². The summed E-state index contributed by atoms with van der Waals surface area (Å²) >= 11 is 0. The van der Waals surface area contributed by atoms with Gasteiger partial charge in [-0.25, -0.2) is 0 Å². The lowest BCUT2D eigenvalue weighted by atomic mass is 9.90. The van der Waals surface area contributed by atoms with Gasteiger partial charge in [0.2, 0.25) is 0 Å². The summed E-state index contributed by atoms with van der Waals surface area (Å²) in [5.74, 6) is 0. The first kappa shape index (κ1) is 18.2. The highest BCUT2D eigenvalue weighted by Gasteiger charge is 2.33. The monoisotopic (exact) mass is 309 g/mol. The summed E-state index contributed by atoms with van der Waals surface area (Å²) in [6.45, 7) is 24.0. The zero-order valence-electron chi connectivity index (χ0n) is 16.2. The van der Waals surface area contributed by atoms with Crippen molar-refractivity contribution in [3.63, 3.8) is 0 Å². The van der Waals surface area contributed by atoms with Crippen LogP contribution in [0, 0.1) is 5.41 Å². The summed E-state index contributed by atoms with van der Waals surface area (Å²) in [5, 5.41) is 0. The van der Waals surface area contributed by atoms with Crippen LogP contribution < -0.4 is 0 Å². The van der Waals surface area contributed by atoms with Crippen LogP contribution in [-0.2, 0) is 0 Å². The zero-order valence-corrected chi connectivity index (χ0v) is 16.2. The van der Waals surface area contributed by atoms with Crippen LogP contribution in [0.25, 0.3) is 0 Å². The number of piperazine rings is 1. The molecule has 2 rings (SSSR count). The van der Waals surface area contributed by atoms with Crippen molar-refractivity contribution in [2.75, 3.05) is 39.3 Å². The Kier molecular flexibility index (Phi) is 5.62. The Morgan fingerprint density at radius 2 is 1.45 bits per heavy atom. The molecule has 130 valence electrons. The molecule has 0 radical (unpaired) electrons. The first-order valence-corrected chi connectivity index (χ1v) is 9.29. The van der Waals surface area contributed by atoms with E-state index < -0.39 is 0 Å². The normalized spacial score (nSPS) is 30.7. The number of hydrogen-bond donors (Lipinski definition) is 0. The molecule has 2 heterocycles. The highest BCUT2D eigenvalue weighted by atomic mass is 15.3. The van der Waals surface area contributed by atoms with Crippen molar-refractivity contribution in [2.24, 2.45) is 5.41 Å². The van der Waals surface area contributed by atoms with E-state index in [9.17, 15) is 0 Å². The fourth-order valence-corrected chi connectivity index (χ4v) is 4.13. The van der Waals surface area contributed by atoms with Gasteiger partial charge < -0.3 is 4.90 Å². The Balaban J connectivity index is 1.82. The van der Waals surface area contributed by atoms with Crippen LogP contribution in [-0.4, -0.2) is 71.6 Å². The third kappa shape index (κ3) is 4.94. The molecular weight excluding hydrogens is 270 g/mol. The number of hydrogen-bond acceptors (Lipinski definition) is 3. The zero-order chi connectivity index (χ0) is 16.5. The van der Waals surface area contributed by atoms with E-state index >= 15 is 0 Å². The molecule has 0 spiro atoms. The Bertz CT molecular complexity index is 345. The number of nitrogens with zero attached hydrogens (tertiary/aromatic N) is 3. The minimum absolute atomic E-state index is 0.329. The molecule has 2 aliphatic heterocycles. The van der Waals surface area contributed by atoms with Crippen LogP contribution in [0.5, 0.6) is 0 Å². The topological polar surface area (TPSA) is 9.72 Å². The van der Waals surface area contributed by atoms with E-state index in [1.807, 2.05) is 0 Å². The van der Waals surface area contributed by atoms with E-state index in [1.54, 1.807) is 0 Å². The predicted octanol–water partition coefficient (Wildman–Crippen LogP) is 3.30. The van der Waals surface area contributed by atoms with Crippen LogP contribution in [0.3, 0.4) is 0 Å². The van der Waals surface area contributed by atoms with Gasteiger partial charge in [-0.15, -0.1) is 0 Å². The molecule has 0 aromatic carbocycles. The van der Waals surface area contributed by atoms with Gasteiger partial charge in [-0.3, -0.25) is 9.80 Å². The fourth-order valence-electron chi connectivity index (χ4n) is 4.13. The highest BCUT2D eigenvalue weighted by molar-refractivity contribution is 4.90. The third-order valence-electron chi connectivity index (χ3n) is 5.44. The van der Waals surface area contributed by atoms with Gasteiger partial charge in [-0.2, -0.15) is 0 Å². The summed E-state index contributed by atoms with van der Waals surface area (Å²) in [4.78, 5) is 8.12. The van der Waals surface area contributed by atoms with E-state index in [0.717, 1.165) is 12.1 Å². The first-order chi connectivity index (χ1) is 10.1. The van der Waals surface area contributed by atoms with Crippen molar-refractivity contribution >= 4 is 0 Å². The van der Waals surface area contributed by atoms with Crippen LogP contribution >= 0.6 is 0 Å². The highest BCUT2D eigenvalue weighted by Crippen LogP contribution is 2.27. The van der Waals surface area contributed by atoms with E-state index in [-0.39, 0.29) is 0 Å². The summed E-state index contributed by atoms with van der Waals surface area (Å²) in [6.07, 6.45) is 2.71. The van der Waals surface area contributed by atoms with Gasteiger partial charge >= 0.3 is 0 Å². The van der Waals surface area contributed by atoms with Crippen molar-refractivity contribution < 1.29 is 0 Å². The molecule has 0 N–H and O–H groups in total. The lowest BCUT2D eigenvalue weighted by molar-refractivity contribution is 0.00638. The quantitative estimate of drug-likeness (QED) is 0.775. The molecule has 22 heavy (non-hydrogen) atoms. The average molecular weight is 310 g/mol. The van der Waals surface area contributed by atoms with Crippen molar-refractivity contribution in [1.29, 1.82) is 0 Å². The molecule has 0 aromatic rings. The van der Waals surface area contributed by atoms with Gasteiger partial charge in [0.15, 0.2) is 0 Å². The second-order valence-electron chi connectivity index (χ2n) is 9.75. The lowest BCUT2D eigenvalue weighted by Gasteiger charge is -2.48. The van der Waals surface area contributed by atoms with E-state index in [4.69, 9.17) is 0 Å². The van der Waals surface area contributed by atoms with Crippen molar-refractivity contribution in [3.05, 3.63) is 0 Å². The molecule has 1 unspecified atom stereocenters. The Morgan fingerprint density at radius 1 is 0.864 bits per heavy atom. The second-order valence-corrected chi connectivity index (χ2v) is 9.75. The minimum atomic E-state index is 0.329. The minimum Gasteiger partial charge on any atom is -0.300 e. The maximum absolute atomic E-state index is 2.77. The van der Waals surface area contributed by atoms with Crippen LogP contribution in [0.15, 0.2) is 0 Å². The summed E-state index contributed by atoms with van der Waals surface area (Å²) in [5.41, 5.74) is 0.745. The van der Waals surface area contributed by atoms with E-state index in [1.165, 1.54) is 52.1 Å². The van der Waals surface area contributed by atoms with E-state index in [0.29, 0.717) is 11.0 Å². The molecule has 0 aliphatic carbocycles. The number of likely N-dealkylation sites (tertiary alicyclic amines) is 1. The molecule has 0 aromatic heterocycles. The SMILES string of the molecule is C[C@@H]1CC(N2CCN(C(C)(C)C)CC2)CCN1CC(C)(C)C. The summed E-state index contributed by atoms with van der Waals surface area (Å²) < 4.78 is 0. The third-order valence-corrected chi connectivity index (χ3v) is 5.44. The van der Waals surface area contributed by atoms with Gasteiger partial charge in [-0.05, 0) is 52.5 Å². The van der Waals surface area contributed by atoms with Gasteiger partial charge in [0.25, 0.3) is 0 Å². The summed E-state index contributed by atoms with van der Waals surface area (Å²) in [7, 11) is 0. The van der Waals surface area contributed by atoms with Gasteiger partial charge in [0.05, 0.1) is 0 Å². The van der Waals surface area contributed by atoms with Gasteiger partial charge in [0, 0.05) is 50.3 Å². The molecule has 2 fully saturated rings. The number of rotatable bonds is 2. The molecular formula is C19H39N3. The standard InChI is InChI=1S/C19H39N3/c1-16-14-17(8-9-21(16)15-18(2,3)4)20-10-12-22(13-11-20)19(5,6)7/h16-17H,8-15H2,1-7H3/t16-,17?/m1/s1. The Labute approximate surface area is 139 Å². The van der Waals surface area contributed by atoms with Gasteiger partial charge in [-0.1, -0.05) is 20.8 Å². The van der Waals surface area contributed by atoms with Gasteiger partial charge in [0.1, 0.15) is 0 Å². The maximum Gasteiger partial charge on any atom is 0.0126 e. The van der Waals surface area contributed by atoms with Crippen LogP contribution in [0.4, 0.5) is 0 Å². The predicted molar refractivity (Wildman–Crippen MR) is 96.4 cm³/mol. The lowest BCUT2D eigenvalue weighted by Crippen LogP contribution is -2.58. The largest absolute Gasteiger partial charge is 0.300 e. The maximum atomic E-state index is 2.77. The molecule has 0 saturated carbocycles. The molecule has 0 amide bonds. The molecule has 2 aliphatic rings. The van der Waals surface area contributed by atoms with E-state index in [2.05, 4.69) is 63.2 Å². The molecule has 3 heteroatoms. The second kappa shape index (κ2) is 6.78. The molecule has 2 saturated heterocycles. The smallest absolute Gasteiger partial charge is 0.0126 e. The van der Waals surface area contributed by atoms with Crippen molar-refractivity contribution in [2.45, 2.75) is 78.9 Å². The fraction of sp³-hybridized carbons (Fsp3) is 1.00. The summed E-state index contributed by atoms with van der Waals surface area (Å²) in [6, 6.07) is 1.55. The first-order valence-electron chi connectivity index (χ1n) is 9.29. The molecule has 2 atom stereocenters. The van der Waals surface area contributed by atoms with Crippen molar-refractivity contribution in [3.8, 4) is 0 Å². The Morgan fingerprint density at radius 3 is 1.91 bits per heavy atom. The number of piperidine rings is 1. The molecule has 0 bridgehead atoms. The Hall–Kier alpha value is -0.120. The van der Waals surface area contributed by atoms with Crippen LogP contribution in [0.2, 0.25) is 0 Å². The molecule has 3 nitrogen and oxygen atoms in total. The average Bonchev–Trinajstić information content (AvgIpc) is 2.39. The van der Waals surface area contributed by atoms with Crippen LogP contribution in [0.1, 0.15) is 61.3 Å².